The molecule has 1 aromatic rings. The van der Waals surface area contributed by atoms with Crippen LogP contribution in [0.5, 0.6) is 0 Å². The molecule has 1 aromatic carbocycles. The minimum absolute atomic E-state index is 0.0504. The van der Waals surface area contributed by atoms with Crippen molar-refractivity contribution in [1.82, 2.24) is 5.32 Å². The van der Waals surface area contributed by atoms with E-state index in [1.807, 2.05) is 39.0 Å². The molecule has 1 aliphatic carbocycles. The highest BCUT2D eigenvalue weighted by atomic mass is 79.9. The van der Waals surface area contributed by atoms with E-state index in [2.05, 4.69) is 27.3 Å². The first-order valence-corrected chi connectivity index (χ1v) is 8.86. The Balaban J connectivity index is 2.07. The molecular weight excluding hydrogens is 358 g/mol. The molecule has 1 saturated carbocycles. The average molecular weight is 384 g/mol. The van der Waals surface area contributed by atoms with Crippen LogP contribution in [0.4, 0.5) is 4.79 Å². The molecule has 2 N–H and O–H groups in total. The molecule has 1 unspecified atom stereocenters. The number of hydrogen-bond acceptors (Lipinski definition) is 3. The topological polar surface area (TPSA) is 58.6 Å². The fourth-order valence-corrected chi connectivity index (χ4v) is 3.30. The number of carbonyl (C=O) groups excluding carboxylic acids is 1. The van der Waals surface area contributed by atoms with Gasteiger partial charge in [0.15, 0.2) is 0 Å². The summed E-state index contributed by atoms with van der Waals surface area (Å²) in [6, 6.07) is 8.04. The Bertz CT molecular complexity index is 551. The Labute approximate surface area is 146 Å². The molecule has 1 aliphatic rings. The molecule has 1 fully saturated rings. The van der Waals surface area contributed by atoms with E-state index in [1.54, 1.807) is 0 Å². The zero-order valence-corrected chi connectivity index (χ0v) is 15.6. The summed E-state index contributed by atoms with van der Waals surface area (Å²) in [6.07, 6.45) is 2.50. The van der Waals surface area contributed by atoms with Crippen LogP contribution < -0.4 is 5.32 Å². The van der Waals surface area contributed by atoms with Gasteiger partial charge in [-0.3, -0.25) is 0 Å². The molecule has 23 heavy (non-hydrogen) atoms. The summed E-state index contributed by atoms with van der Waals surface area (Å²) < 4.78 is 6.35. The normalized spacial score (nSPS) is 17.4. The zero-order valence-electron chi connectivity index (χ0n) is 14.1. The van der Waals surface area contributed by atoms with E-state index in [-0.39, 0.29) is 12.0 Å². The van der Waals surface area contributed by atoms with Crippen molar-refractivity contribution in [2.45, 2.75) is 45.6 Å². The van der Waals surface area contributed by atoms with E-state index in [1.165, 1.54) is 0 Å². The first-order valence-electron chi connectivity index (χ1n) is 8.07. The predicted molar refractivity (Wildman–Crippen MR) is 94.3 cm³/mol. The maximum absolute atomic E-state index is 12.0. The minimum Gasteiger partial charge on any atom is -0.444 e. The van der Waals surface area contributed by atoms with Gasteiger partial charge in [0.1, 0.15) is 5.60 Å². The Morgan fingerprint density at radius 2 is 2.00 bits per heavy atom. The first-order chi connectivity index (χ1) is 10.8. The Kier molecular flexibility index (Phi) is 5.74. The second-order valence-corrected chi connectivity index (χ2v) is 8.27. The van der Waals surface area contributed by atoms with Gasteiger partial charge in [0.05, 0.1) is 6.61 Å². The molecule has 0 radical (unpaired) electrons. The number of benzene rings is 1. The lowest BCUT2D eigenvalue weighted by Crippen LogP contribution is -2.44. The molecule has 0 heterocycles. The van der Waals surface area contributed by atoms with Crippen LogP contribution in [0.3, 0.4) is 0 Å². The number of aliphatic hydroxyl groups is 1. The third-order valence-electron chi connectivity index (χ3n) is 4.24. The van der Waals surface area contributed by atoms with Crippen molar-refractivity contribution in [1.29, 1.82) is 0 Å². The number of carbonyl (C=O) groups is 1. The van der Waals surface area contributed by atoms with E-state index in [9.17, 15) is 9.90 Å². The summed E-state index contributed by atoms with van der Waals surface area (Å²) in [6.45, 7) is 5.99. The van der Waals surface area contributed by atoms with Crippen molar-refractivity contribution in [3.63, 3.8) is 0 Å². The monoisotopic (exact) mass is 383 g/mol. The highest BCUT2D eigenvalue weighted by molar-refractivity contribution is 9.10. The van der Waals surface area contributed by atoms with Gasteiger partial charge in [-0.05, 0) is 57.6 Å². The summed E-state index contributed by atoms with van der Waals surface area (Å²) in [4.78, 5) is 12.0. The lowest BCUT2D eigenvalue weighted by atomic mass is 9.77. The van der Waals surface area contributed by atoms with Crippen molar-refractivity contribution in [3.8, 4) is 0 Å². The predicted octanol–water partition coefficient (Wildman–Crippen LogP) is 3.91. The van der Waals surface area contributed by atoms with E-state index in [0.717, 1.165) is 29.3 Å². The molecule has 128 valence electrons. The van der Waals surface area contributed by atoms with Gasteiger partial charge >= 0.3 is 6.09 Å². The zero-order chi connectivity index (χ0) is 17.1. The summed E-state index contributed by atoms with van der Waals surface area (Å²) in [7, 11) is 0. The summed E-state index contributed by atoms with van der Waals surface area (Å²) in [5, 5.41) is 12.9. The number of ether oxygens (including phenoxy) is 1. The number of alkyl carbamates (subject to hydrolysis) is 1. The number of rotatable bonds is 6. The number of amides is 1. The fraction of sp³-hybridized carbons (Fsp3) is 0.611. The Hall–Kier alpha value is -1.07. The largest absolute Gasteiger partial charge is 0.444 e. The molecule has 0 aliphatic heterocycles. The van der Waals surface area contributed by atoms with Crippen molar-refractivity contribution in [2.75, 3.05) is 13.2 Å². The van der Waals surface area contributed by atoms with Gasteiger partial charge in [0.25, 0.3) is 0 Å². The van der Waals surface area contributed by atoms with Crippen LogP contribution in [0.2, 0.25) is 0 Å². The van der Waals surface area contributed by atoms with E-state index >= 15 is 0 Å². The SMILES string of the molecule is CC(C)(C)OC(=O)NCC(CO)(Cc1ccccc1Br)C1CC1. The molecular formula is C18H26BrNO3. The quantitative estimate of drug-likeness (QED) is 0.782. The van der Waals surface area contributed by atoms with Crippen LogP contribution in [0.15, 0.2) is 28.7 Å². The number of halogens is 1. The molecule has 0 aromatic heterocycles. The number of hydrogen-bond donors (Lipinski definition) is 2. The number of aliphatic hydroxyl groups excluding tert-OH is 1. The van der Waals surface area contributed by atoms with Gasteiger partial charge in [-0.2, -0.15) is 0 Å². The van der Waals surface area contributed by atoms with Gasteiger partial charge in [0, 0.05) is 16.4 Å². The highest BCUT2D eigenvalue weighted by Gasteiger charge is 2.45. The van der Waals surface area contributed by atoms with Crippen LogP contribution in [0.25, 0.3) is 0 Å². The van der Waals surface area contributed by atoms with E-state index < -0.39 is 11.7 Å². The van der Waals surface area contributed by atoms with Gasteiger partial charge in [-0.1, -0.05) is 34.1 Å². The molecule has 1 amide bonds. The molecule has 0 bridgehead atoms. The molecule has 0 saturated heterocycles. The molecule has 2 rings (SSSR count). The standard InChI is InChI=1S/C18H26BrNO3/c1-17(2,3)23-16(22)20-11-18(12-21,14-8-9-14)10-13-6-4-5-7-15(13)19/h4-7,14,21H,8-12H2,1-3H3,(H,20,22). The molecule has 4 nitrogen and oxygen atoms in total. The Morgan fingerprint density at radius 1 is 1.35 bits per heavy atom. The van der Waals surface area contributed by atoms with Crippen LogP contribution in [0, 0.1) is 11.3 Å². The minimum atomic E-state index is -0.520. The van der Waals surface area contributed by atoms with Crippen LogP contribution in [-0.2, 0) is 11.2 Å². The summed E-state index contributed by atoms with van der Waals surface area (Å²) in [5.74, 6) is 0.439. The second-order valence-electron chi connectivity index (χ2n) is 7.42. The number of nitrogens with one attached hydrogen (secondary N) is 1. The smallest absolute Gasteiger partial charge is 0.407 e. The van der Waals surface area contributed by atoms with Crippen LogP contribution in [-0.4, -0.2) is 30.0 Å². The van der Waals surface area contributed by atoms with Gasteiger partial charge in [-0.15, -0.1) is 0 Å². The third kappa shape index (κ3) is 5.21. The third-order valence-corrected chi connectivity index (χ3v) is 5.02. The molecule has 0 spiro atoms. The average Bonchev–Trinajstić information content (AvgIpc) is 3.29. The molecule has 1 atom stereocenters. The van der Waals surface area contributed by atoms with Crippen molar-refractivity contribution in [3.05, 3.63) is 34.3 Å². The van der Waals surface area contributed by atoms with Crippen LogP contribution in [0.1, 0.15) is 39.2 Å². The summed E-state index contributed by atoms with van der Waals surface area (Å²) in [5.41, 5.74) is 0.300. The van der Waals surface area contributed by atoms with E-state index in [0.29, 0.717) is 12.5 Å². The lowest BCUT2D eigenvalue weighted by Gasteiger charge is -2.33. The summed E-state index contributed by atoms with van der Waals surface area (Å²) >= 11 is 3.57. The lowest BCUT2D eigenvalue weighted by molar-refractivity contribution is 0.0439. The van der Waals surface area contributed by atoms with Gasteiger partial charge in [0.2, 0.25) is 0 Å². The fourth-order valence-electron chi connectivity index (χ4n) is 2.87. The van der Waals surface area contributed by atoms with Crippen molar-refractivity contribution >= 4 is 22.0 Å². The van der Waals surface area contributed by atoms with Crippen LogP contribution >= 0.6 is 15.9 Å². The maximum atomic E-state index is 12.0. The Morgan fingerprint density at radius 3 is 2.52 bits per heavy atom. The van der Waals surface area contributed by atoms with E-state index in [4.69, 9.17) is 4.74 Å². The second kappa shape index (κ2) is 7.22. The van der Waals surface area contributed by atoms with Gasteiger partial charge < -0.3 is 15.2 Å². The highest BCUT2D eigenvalue weighted by Crippen LogP contribution is 2.47. The first kappa shape index (κ1) is 18.3. The van der Waals surface area contributed by atoms with Gasteiger partial charge in [-0.25, -0.2) is 4.79 Å². The molecule has 5 heteroatoms. The van der Waals surface area contributed by atoms with Crippen molar-refractivity contribution < 1.29 is 14.6 Å². The maximum Gasteiger partial charge on any atom is 0.407 e. The van der Waals surface area contributed by atoms with Crippen molar-refractivity contribution in [2.24, 2.45) is 11.3 Å².